The number of hydrogen-bond acceptors (Lipinski definition) is 7. The van der Waals surface area contributed by atoms with E-state index >= 15 is 0 Å². The van der Waals surface area contributed by atoms with Crippen LogP contribution < -0.4 is 10.6 Å². The number of ether oxygens (including phenoxy) is 1. The molecule has 2 unspecified atom stereocenters. The van der Waals surface area contributed by atoms with Gasteiger partial charge >= 0.3 is 13.3 Å². The Balaban J connectivity index is 2.07. The third kappa shape index (κ3) is 10.9. The van der Waals surface area contributed by atoms with Gasteiger partial charge in [-0.3, -0.25) is 14.9 Å². The highest BCUT2D eigenvalue weighted by Gasteiger charge is 2.34. The molecule has 2 amide bonds. The summed E-state index contributed by atoms with van der Waals surface area (Å²) in [5.41, 5.74) is 1.75. The van der Waals surface area contributed by atoms with Crippen LogP contribution in [0.4, 0.5) is 13.2 Å². The fraction of sp³-hybridized carbons (Fsp3) is 0.593. The summed E-state index contributed by atoms with van der Waals surface area (Å²) in [4.78, 5) is 27.3. The van der Waals surface area contributed by atoms with Crippen molar-refractivity contribution in [3.05, 3.63) is 47.0 Å². The molecule has 220 valence electrons. The molecule has 4 N–H and O–H groups in total. The predicted octanol–water partition coefficient (Wildman–Crippen LogP) is 1.92. The van der Waals surface area contributed by atoms with E-state index in [0.29, 0.717) is 19.4 Å². The van der Waals surface area contributed by atoms with Crippen molar-refractivity contribution in [1.29, 1.82) is 5.26 Å². The Kier molecular flexibility index (Phi) is 13.1. The Morgan fingerprint density at radius 3 is 2.60 bits per heavy atom. The Morgan fingerprint density at radius 2 is 2.00 bits per heavy atom. The van der Waals surface area contributed by atoms with Gasteiger partial charge in [0.25, 0.3) is 5.91 Å². The molecular weight excluding hydrogens is 528 g/mol. The van der Waals surface area contributed by atoms with E-state index in [-0.39, 0.29) is 24.5 Å². The number of halogens is 3. The van der Waals surface area contributed by atoms with Crippen LogP contribution in [0.5, 0.6) is 0 Å². The zero-order valence-electron chi connectivity index (χ0n) is 23.1. The molecule has 0 bridgehead atoms. The molecule has 1 heterocycles. The highest BCUT2D eigenvalue weighted by molar-refractivity contribution is 6.43. The molecule has 1 aromatic carbocycles. The minimum atomic E-state index is -4.60. The molecule has 1 aliphatic heterocycles. The van der Waals surface area contributed by atoms with Crippen LogP contribution in [-0.4, -0.2) is 84.4 Å². The third-order valence-corrected chi connectivity index (χ3v) is 6.49. The standard InChI is InChI=1S/C27H38BF3N4O5/c1-4-19-7-5-8-20(12-19)13-24(28(38)39)34-25(36)23(33-17-27(29,30)31)16-40-15-22-9-6-10-35(22)26(37)21(14-32)11-18(2)3/h5,7-8,11-12,18,22-24,33,38-39H,4,6,9-10,13,15-17H2,1-3H3,(H,34,36)/t22-,23?,24?/m1/s1. The number of aryl methyl sites for hydroxylation is 1. The molecule has 9 nitrogen and oxygen atoms in total. The minimum Gasteiger partial charge on any atom is -0.426 e. The van der Waals surface area contributed by atoms with Crippen LogP contribution in [0.25, 0.3) is 0 Å². The summed E-state index contributed by atoms with van der Waals surface area (Å²) < 4.78 is 44.5. The van der Waals surface area contributed by atoms with Gasteiger partial charge in [0.2, 0.25) is 5.91 Å². The fourth-order valence-corrected chi connectivity index (χ4v) is 4.45. The first kappa shape index (κ1) is 33.3. The van der Waals surface area contributed by atoms with E-state index in [1.165, 1.54) is 4.90 Å². The third-order valence-electron chi connectivity index (χ3n) is 6.49. The number of alkyl halides is 3. The van der Waals surface area contributed by atoms with E-state index in [4.69, 9.17) is 4.74 Å². The van der Waals surface area contributed by atoms with E-state index in [0.717, 1.165) is 17.5 Å². The normalized spacial score (nSPS) is 17.4. The van der Waals surface area contributed by atoms with Crippen molar-refractivity contribution in [2.24, 2.45) is 5.92 Å². The Labute approximate surface area is 233 Å². The molecule has 0 aliphatic carbocycles. The first-order chi connectivity index (χ1) is 18.8. The molecule has 2 rings (SSSR count). The summed E-state index contributed by atoms with van der Waals surface area (Å²) in [6, 6.07) is 7.38. The van der Waals surface area contributed by atoms with Gasteiger partial charge in [-0.15, -0.1) is 0 Å². The zero-order valence-corrected chi connectivity index (χ0v) is 23.1. The second-order valence-corrected chi connectivity index (χ2v) is 10.2. The lowest BCUT2D eigenvalue weighted by Crippen LogP contribution is -2.56. The second-order valence-electron chi connectivity index (χ2n) is 10.2. The second kappa shape index (κ2) is 15.8. The van der Waals surface area contributed by atoms with E-state index < -0.39 is 56.3 Å². The number of hydrogen-bond donors (Lipinski definition) is 4. The summed E-state index contributed by atoms with van der Waals surface area (Å²) >= 11 is 0. The number of allylic oxidation sites excluding steroid dienone is 1. The van der Waals surface area contributed by atoms with Crippen molar-refractivity contribution in [3.63, 3.8) is 0 Å². The number of nitrogens with zero attached hydrogens (tertiary/aromatic N) is 2. The van der Waals surface area contributed by atoms with Gasteiger partial charge in [-0.2, -0.15) is 18.4 Å². The number of nitrogens with one attached hydrogen (secondary N) is 2. The van der Waals surface area contributed by atoms with Crippen molar-refractivity contribution < 1.29 is 37.5 Å². The predicted molar refractivity (Wildman–Crippen MR) is 144 cm³/mol. The van der Waals surface area contributed by atoms with Crippen molar-refractivity contribution >= 4 is 18.9 Å². The van der Waals surface area contributed by atoms with Gasteiger partial charge in [0.05, 0.1) is 31.7 Å². The lowest BCUT2D eigenvalue weighted by Gasteiger charge is -2.27. The topological polar surface area (TPSA) is 135 Å². The number of carbonyl (C=O) groups excluding carboxylic acids is 2. The summed E-state index contributed by atoms with van der Waals surface area (Å²) in [5.74, 6) is -2.50. The van der Waals surface area contributed by atoms with Gasteiger partial charge in [-0.05, 0) is 42.7 Å². The van der Waals surface area contributed by atoms with E-state index in [1.807, 2.05) is 39.0 Å². The minimum absolute atomic E-state index is 0.00766. The highest BCUT2D eigenvalue weighted by atomic mass is 19.4. The zero-order chi connectivity index (χ0) is 29.9. The largest absolute Gasteiger partial charge is 0.475 e. The molecule has 1 aliphatic rings. The van der Waals surface area contributed by atoms with Crippen LogP contribution in [0.3, 0.4) is 0 Å². The quantitative estimate of drug-likeness (QED) is 0.154. The van der Waals surface area contributed by atoms with Crippen LogP contribution in [0.15, 0.2) is 35.9 Å². The maximum absolute atomic E-state index is 13.0. The van der Waals surface area contributed by atoms with Crippen LogP contribution in [0, 0.1) is 17.2 Å². The Hall–Kier alpha value is -2.92. The maximum atomic E-state index is 13.0. The molecule has 13 heteroatoms. The van der Waals surface area contributed by atoms with Gasteiger partial charge < -0.3 is 25.0 Å². The van der Waals surface area contributed by atoms with Crippen LogP contribution in [0.2, 0.25) is 0 Å². The first-order valence-corrected chi connectivity index (χ1v) is 13.4. The molecule has 0 saturated carbocycles. The number of nitriles is 1. The molecule has 1 fully saturated rings. The molecule has 1 aromatic rings. The van der Waals surface area contributed by atoms with Crippen molar-refractivity contribution in [2.45, 2.75) is 70.7 Å². The van der Waals surface area contributed by atoms with Crippen LogP contribution in [0.1, 0.15) is 44.7 Å². The number of benzene rings is 1. The number of carbonyl (C=O) groups is 2. The number of likely N-dealkylation sites (tertiary alicyclic amines) is 1. The maximum Gasteiger partial charge on any atom is 0.475 e. The van der Waals surface area contributed by atoms with E-state index in [1.54, 1.807) is 18.2 Å². The summed E-state index contributed by atoms with van der Waals surface area (Å²) in [6.07, 6.45) is -0.970. The molecule has 40 heavy (non-hydrogen) atoms. The van der Waals surface area contributed by atoms with Crippen molar-refractivity contribution in [1.82, 2.24) is 15.5 Å². The molecule has 1 saturated heterocycles. The molecule has 0 radical (unpaired) electrons. The SMILES string of the molecule is CCc1cccc(CC(NC(=O)C(COC[C@H]2CCCN2C(=O)C(C#N)=CC(C)C)NCC(F)(F)F)B(O)O)c1. The lowest BCUT2D eigenvalue weighted by atomic mass is 9.75. The van der Waals surface area contributed by atoms with Gasteiger partial charge in [-0.25, -0.2) is 0 Å². The summed E-state index contributed by atoms with van der Waals surface area (Å²) in [7, 11) is -1.95. The van der Waals surface area contributed by atoms with E-state index in [9.17, 15) is 38.1 Å². The van der Waals surface area contributed by atoms with Gasteiger partial charge in [-0.1, -0.05) is 51.1 Å². The molecular formula is C27H38BF3N4O5. The Bertz CT molecular complexity index is 1060. The fourth-order valence-electron chi connectivity index (χ4n) is 4.45. The molecule has 0 aromatic heterocycles. The van der Waals surface area contributed by atoms with Crippen LogP contribution >= 0.6 is 0 Å². The van der Waals surface area contributed by atoms with Gasteiger partial charge in [0.15, 0.2) is 0 Å². The smallest absolute Gasteiger partial charge is 0.426 e. The molecule has 0 spiro atoms. The summed E-state index contributed by atoms with van der Waals surface area (Å²) in [6.45, 7) is 4.11. The first-order valence-electron chi connectivity index (χ1n) is 13.4. The summed E-state index contributed by atoms with van der Waals surface area (Å²) in [5, 5.41) is 33.7. The molecule has 3 atom stereocenters. The number of rotatable bonds is 14. The van der Waals surface area contributed by atoms with Crippen molar-refractivity contribution in [2.75, 3.05) is 26.3 Å². The highest BCUT2D eigenvalue weighted by Crippen LogP contribution is 2.21. The monoisotopic (exact) mass is 566 g/mol. The average molecular weight is 566 g/mol. The van der Waals surface area contributed by atoms with Gasteiger partial charge in [0.1, 0.15) is 17.7 Å². The lowest BCUT2D eigenvalue weighted by molar-refractivity contribution is -0.135. The van der Waals surface area contributed by atoms with Crippen molar-refractivity contribution in [3.8, 4) is 6.07 Å². The Morgan fingerprint density at radius 1 is 1.30 bits per heavy atom. The average Bonchev–Trinajstić information content (AvgIpc) is 3.36. The van der Waals surface area contributed by atoms with E-state index in [2.05, 4.69) is 10.6 Å². The van der Waals surface area contributed by atoms with Gasteiger partial charge in [0, 0.05) is 6.54 Å². The number of amides is 2. The van der Waals surface area contributed by atoms with Crippen LogP contribution in [-0.2, 0) is 27.2 Å².